The summed E-state index contributed by atoms with van der Waals surface area (Å²) >= 11 is 0. The van der Waals surface area contributed by atoms with Gasteiger partial charge in [-0.25, -0.2) is 4.39 Å². The van der Waals surface area contributed by atoms with Gasteiger partial charge in [-0.15, -0.1) is 0 Å². The molecule has 2 nitrogen and oxygen atoms in total. The molecule has 84 valence electrons. The summed E-state index contributed by atoms with van der Waals surface area (Å²) < 4.78 is 13.3. The van der Waals surface area contributed by atoms with E-state index in [-0.39, 0.29) is 5.82 Å². The molecular weight excluding hydrogens is 191 g/mol. The molecule has 0 aromatic heterocycles. The van der Waals surface area contributed by atoms with Crippen LogP contribution in [-0.2, 0) is 6.54 Å². The highest BCUT2D eigenvalue weighted by Gasteiger charge is 2.03. The van der Waals surface area contributed by atoms with E-state index in [0.29, 0.717) is 6.54 Å². The molecule has 0 unspecified atom stereocenters. The summed E-state index contributed by atoms with van der Waals surface area (Å²) in [5, 5.41) is 0. The lowest BCUT2D eigenvalue weighted by atomic mass is 10.2. The topological polar surface area (TPSA) is 29.3 Å². The maximum atomic E-state index is 13.3. The predicted octanol–water partition coefficient (Wildman–Crippen LogP) is 2.00. The number of nitrogens with two attached hydrogens (primary N) is 1. The number of benzene rings is 1. The molecule has 1 rings (SSSR count). The molecule has 1 aromatic carbocycles. The van der Waals surface area contributed by atoms with Crippen LogP contribution in [0.15, 0.2) is 24.3 Å². The minimum Gasteiger partial charge on any atom is -0.330 e. The fourth-order valence-corrected chi connectivity index (χ4v) is 1.52. The molecule has 0 amide bonds. The van der Waals surface area contributed by atoms with Crippen molar-refractivity contribution < 1.29 is 4.39 Å². The van der Waals surface area contributed by atoms with Crippen molar-refractivity contribution in [1.29, 1.82) is 0 Å². The van der Waals surface area contributed by atoms with Gasteiger partial charge in [0.05, 0.1) is 0 Å². The van der Waals surface area contributed by atoms with E-state index in [0.717, 1.165) is 31.5 Å². The van der Waals surface area contributed by atoms with Gasteiger partial charge in [-0.1, -0.05) is 18.2 Å². The third kappa shape index (κ3) is 4.40. The maximum Gasteiger partial charge on any atom is 0.127 e. The van der Waals surface area contributed by atoms with Crippen molar-refractivity contribution in [3.8, 4) is 0 Å². The minimum absolute atomic E-state index is 0.122. The number of nitrogens with zero attached hydrogens (tertiary/aromatic N) is 1. The van der Waals surface area contributed by atoms with E-state index in [2.05, 4.69) is 4.90 Å². The van der Waals surface area contributed by atoms with Crippen LogP contribution in [0.2, 0.25) is 0 Å². The van der Waals surface area contributed by atoms with Crippen LogP contribution in [0.25, 0.3) is 0 Å². The zero-order valence-electron chi connectivity index (χ0n) is 9.25. The Balaban J connectivity index is 2.37. The third-order valence-electron chi connectivity index (χ3n) is 2.39. The summed E-state index contributed by atoms with van der Waals surface area (Å²) in [5.41, 5.74) is 6.17. The van der Waals surface area contributed by atoms with Gasteiger partial charge >= 0.3 is 0 Å². The molecule has 3 heteroatoms. The van der Waals surface area contributed by atoms with E-state index in [9.17, 15) is 4.39 Å². The first kappa shape index (κ1) is 12.1. The fourth-order valence-electron chi connectivity index (χ4n) is 1.52. The average molecular weight is 210 g/mol. The van der Waals surface area contributed by atoms with Gasteiger partial charge in [-0.05, 0) is 39.0 Å². The molecule has 0 aliphatic rings. The molecule has 15 heavy (non-hydrogen) atoms. The molecule has 0 heterocycles. The van der Waals surface area contributed by atoms with Crippen LogP contribution < -0.4 is 5.73 Å². The molecule has 0 aliphatic heterocycles. The molecule has 0 bridgehead atoms. The van der Waals surface area contributed by atoms with Crippen LogP contribution in [0.5, 0.6) is 0 Å². The molecule has 0 radical (unpaired) electrons. The van der Waals surface area contributed by atoms with Crippen molar-refractivity contribution in [1.82, 2.24) is 4.90 Å². The van der Waals surface area contributed by atoms with Gasteiger partial charge < -0.3 is 10.6 Å². The van der Waals surface area contributed by atoms with Gasteiger partial charge in [0.25, 0.3) is 0 Å². The van der Waals surface area contributed by atoms with Crippen molar-refractivity contribution in [2.24, 2.45) is 5.73 Å². The standard InChI is InChI=1S/C12H19FN2/c1-15(9-5-4-8-14)10-11-6-2-3-7-12(11)13/h2-3,6-7H,4-5,8-10,14H2,1H3. The van der Waals surface area contributed by atoms with Crippen LogP contribution in [0, 0.1) is 5.82 Å². The summed E-state index contributed by atoms with van der Waals surface area (Å²) in [4.78, 5) is 2.12. The highest BCUT2D eigenvalue weighted by molar-refractivity contribution is 5.16. The second-order valence-corrected chi connectivity index (χ2v) is 3.82. The van der Waals surface area contributed by atoms with Crippen molar-refractivity contribution in [2.75, 3.05) is 20.1 Å². The second-order valence-electron chi connectivity index (χ2n) is 3.82. The SMILES string of the molecule is CN(CCCCN)Cc1ccccc1F. The predicted molar refractivity (Wildman–Crippen MR) is 61.0 cm³/mol. The van der Waals surface area contributed by atoms with E-state index in [1.165, 1.54) is 6.07 Å². The summed E-state index contributed by atoms with van der Waals surface area (Å²) in [7, 11) is 2.00. The number of unbranched alkanes of at least 4 members (excludes halogenated alkanes) is 1. The van der Waals surface area contributed by atoms with Crippen LogP contribution in [0.3, 0.4) is 0 Å². The highest BCUT2D eigenvalue weighted by Crippen LogP contribution is 2.09. The third-order valence-corrected chi connectivity index (χ3v) is 2.39. The summed E-state index contributed by atoms with van der Waals surface area (Å²) in [6.07, 6.45) is 2.10. The van der Waals surface area contributed by atoms with Gasteiger partial charge in [0.15, 0.2) is 0 Å². The van der Waals surface area contributed by atoms with Gasteiger partial charge in [0.1, 0.15) is 5.82 Å². The van der Waals surface area contributed by atoms with Crippen molar-refractivity contribution in [3.05, 3.63) is 35.6 Å². The van der Waals surface area contributed by atoms with Crippen LogP contribution >= 0.6 is 0 Å². The molecule has 0 saturated heterocycles. The van der Waals surface area contributed by atoms with Crippen molar-refractivity contribution in [2.45, 2.75) is 19.4 Å². The summed E-state index contributed by atoms with van der Waals surface area (Å²) in [5.74, 6) is -0.122. The van der Waals surface area contributed by atoms with Crippen LogP contribution in [-0.4, -0.2) is 25.0 Å². The molecule has 2 N–H and O–H groups in total. The normalized spacial score (nSPS) is 10.9. The highest BCUT2D eigenvalue weighted by atomic mass is 19.1. The summed E-state index contributed by atoms with van der Waals surface area (Å²) in [6.45, 7) is 2.36. The van der Waals surface area contributed by atoms with Gasteiger partial charge in [0.2, 0.25) is 0 Å². The molecule has 0 fully saturated rings. The number of hydrogen-bond donors (Lipinski definition) is 1. The van der Waals surface area contributed by atoms with Crippen LogP contribution in [0.4, 0.5) is 4.39 Å². The van der Waals surface area contributed by atoms with Crippen LogP contribution in [0.1, 0.15) is 18.4 Å². The average Bonchev–Trinajstić information content (AvgIpc) is 2.22. The number of hydrogen-bond acceptors (Lipinski definition) is 2. The number of halogens is 1. The Morgan fingerprint density at radius 2 is 2.00 bits per heavy atom. The van der Waals surface area contributed by atoms with Gasteiger partial charge in [0, 0.05) is 12.1 Å². The molecule has 0 aliphatic carbocycles. The quantitative estimate of drug-likeness (QED) is 0.728. The largest absolute Gasteiger partial charge is 0.330 e. The van der Waals surface area contributed by atoms with Gasteiger partial charge in [-0.2, -0.15) is 0 Å². The van der Waals surface area contributed by atoms with Crippen molar-refractivity contribution in [3.63, 3.8) is 0 Å². The Hall–Kier alpha value is -0.930. The van der Waals surface area contributed by atoms with E-state index < -0.39 is 0 Å². The molecular formula is C12H19FN2. The van der Waals surface area contributed by atoms with E-state index >= 15 is 0 Å². The lowest BCUT2D eigenvalue weighted by Crippen LogP contribution is -2.20. The zero-order chi connectivity index (χ0) is 11.1. The van der Waals surface area contributed by atoms with Crippen molar-refractivity contribution >= 4 is 0 Å². The minimum atomic E-state index is -0.122. The Morgan fingerprint density at radius 1 is 1.27 bits per heavy atom. The Morgan fingerprint density at radius 3 is 2.67 bits per heavy atom. The molecule has 0 atom stereocenters. The van der Waals surface area contributed by atoms with E-state index in [1.54, 1.807) is 6.07 Å². The zero-order valence-corrected chi connectivity index (χ0v) is 9.25. The van der Waals surface area contributed by atoms with E-state index in [4.69, 9.17) is 5.73 Å². The smallest absolute Gasteiger partial charge is 0.127 e. The Labute approximate surface area is 90.9 Å². The molecule has 0 spiro atoms. The monoisotopic (exact) mass is 210 g/mol. The first-order valence-electron chi connectivity index (χ1n) is 5.36. The summed E-state index contributed by atoms with van der Waals surface area (Å²) in [6, 6.07) is 6.91. The van der Waals surface area contributed by atoms with E-state index in [1.807, 2.05) is 19.2 Å². The number of rotatable bonds is 6. The first-order chi connectivity index (χ1) is 7.24. The Kier molecular flexibility index (Phi) is 5.29. The second kappa shape index (κ2) is 6.53. The first-order valence-corrected chi connectivity index (χ1v) is 5.36. The maximum absolute atomic E-state index is 13.3. The molecule has 0 saturated carbocycles. The lowest BCUT2D eigenvalue weighted by Gasteiger charge is -2.16. The van der Waals surface area contributed by atoms with Gasteiger partial charge in [-0.3, -0.25) is 0 Å². The molecule has 1 aromatic rings. The fraction of sp³-hybridized carbons (Fsp3) is 0.500. The lowest BCUT2D eigenvalue weighted by molar-refractivity contribution is 0.314. The Bertz CT molecular complexity index is 289.